The molecule has 74 valence electrons. The minimum atomic E-state index is 0.580. The molecule has 1 aromatic carbocycles. The molecule has 0 aliphatic heterocycles. The molecule has 1 aromatic rings. The monoisotopic (exact) mass is 209 g/mol. The molecule has 14 heavy (non-hydrogen) atoms. The summed E-state index contributed by atoms with van der Waals surface area (Å²) in [6, 6.07) is 7.73. The van der Waals surface area contributed by atoms with Crippen LogP contribution in [0.2, 0.25) is 5.02 Å². The fourth-order valence-electron chi connectivity index (χ4n) is 1.44. The van der Waals surface area contributed by atoms with Gasteiger partial charge in [-0.25, -0.2) is 0 Å². The number of hydrogen-bond donors (Lipinski definition) is 0. The zero-order valence-electron chi connectivity index (χ0n) is 8.03. The summed E-state index contributed by atoms with van der Waals surface area (Å²) in [5, 5.41) is 4.81. The van der Waals surface area contributed by atoms with Gasteiger partial charge in [0.2, 0.25) is 0 Å². The Morgan fingerprint density at radius 2 is 2.00 bits per heavy atom. The Hall–Kier alpha value is -1.02. The summed E-state index contributed by atoms with van der Waals surface area (Å²) in [4.78, 5) is 4.84. The van der Waals surface area contributed by atoms with E-state index in [9.17, 15) is 0 Å². The molecule has 0 aromatic heterocycles. The molecule has 1 aliphatic rings. The van der Waals surface area contributed by atoms with Crippen molar-refractivity contribution >= 4 is 17.3 Å². The average molecular weight is 210 g/mol. The molecule has 0 heterocycles. The smallest absolute Gasteiger partial charge is 0.106 e. The summed E-state index contributed by atoms with van der Waals surface area (Å²) in [5.41, 5.74) is 2.16. The molecule has 0 spiro atoms. The number of nitrogens with zero attached hydrogens (tertiary/aromatic N) is 1. The Morgan fingerprint density at radius 3 is 2.50 bits per heavy atom. The lowest BCUT2D eigenvalue weighted by Crippen LogP contribution is -2.03. The Morgan fingerprint density at radius 1 is 1.36 bits per heavy atom. The van der Waals surface area contributed by atoms with Crippen LogP contribution in [-0.4, -0.2) is 12.8 Å². The summed E-state index contributed by atoms with van der Waals surface area (Å²) in [5.74, 6) is 0.580. The van der Waals surface area contributed by atoms with Gasteiger partial charge in [0.05, 0.1) is 5.71 Å². The molecule has 0 amide bonds. The fraction of sp³-hybridized carbons (Fsp3) is 0.364. The van der Waals surface area contributed by atoms with E-state index in [0.717, 1.165) is 16.3 Å². The number of halogens is 1. The van der Waals surface area contributed by atoms with Crippen LogP contribution >= 0.6 is 11.6 Å². The van der Waals surface area contributed by atoms with Crippen LogP contribution in [0.3, 0.4) is 0 Å². The van der Waals surface area contributed by atoms with E-state index < -0.39 is 0 Å². The molecular weight excluding hydrogens is 198 g/mol. The molecule has 0 radical (unpaired) electrons. The average Bonchev–Trinajstić information content (AvgIpc) is 2.99. The first-order chi connectivity index (χ1) is 6.81. The predicted molar refractivity (Wildman–Crippen MR) is 57.7 cm³/mol. The zero-order chi connectivity index (χ0) is 9.97. The number of oxime groups is 1. The summed E-state index contributed by atoms with van der Waals surface area (Å²) in [7, 11) is 1.58. The largest absolute Gasteiger partial charge is 0.399 e. The molecule has 1 saturated carbocycles. The lowest BCUT2D eigenvalue weighted by Gasteiger charge is -2.03. The standard InChI is InChI=1S/C11H12ClNO/c1-14-13-11(8-2-3-8)9-4-6-10(12)7-5-9/h4-8H,2-3H2,1H3/b13-11-. The van der Waals surface area contributed by atoms with Gasteiger partial charge in [0.15, 0.2) is 0 Å². The van der Waals surface area contributed by atoms with Crippen LogP contribution in [0.1, 0.15) is 18.4 Å². The molecule has 0 bridgehead atoms. The number of rotatable bonds is 3. The second-order valence-electron chi connectivity index (χ2n) is 3.44. The van der Waals surface area contributed by atoms with Crippen molar-refractivity contribution < 1.29 is 4.84 Å². The number of hydrogen-bond acceptors (Lipinski definition) is 2. The van der Waals surface area contributed by atoms with Gasteiger partial charge in [0.25, 0.3) is 0 Å². The summed E-state index contributed by atoms with van der Waals surface area (Å²) in [6.07, 6.45) is 2.43. The van der Waals surface area contributed by atoms with Crippen molar-refractivity contribution in [3.63, 3.8) is 0 Å². The van der Waals surface area contributed by atoms with Crippen molar-refractivity contribution in [1.82, 2.24) is 0 Å². The molecule has 0 saturated heterocycles. The van der Waals surface area contributed by atoms with Gasteiger partial charge in [-0.3, -0.25) is 0 Å². The third kappa shape index (κ3) is 2.07. The van der Waals surface area contributed by atoms with E-state index in [-0.39, 0.29) is 0 Å². The van der Waals surface area contributed by atoms with Gasteiger partial charge in [0.1, 0.15) is 7.11 Å². The molecular formula is C11H12ClNO. The van der Waals surface area contributed by atoms with Gasteiger partial charge < -0.3 is 4.84 Å². The lowest BCUT2D eigenvalue weighted by molar-refractivity contribution is 0.212. The topological polar surface area (TPSA) is 21.6 Å². The molecule has 3 heteroatoms. The van der Waals surface area contributed by atoms with Crippen LogP contribution in [0, 0.1) is 5.92 Å². The number of benzene rings is 1. The lowest BCUT2D eigenvalue weighted by atomic mass is 10.1. The first-order valence-corrected chi connectivity index (χ1v) is 5.06. The van der Waals surface area contributed by atoms with Gasteiger partial charge >= 0.3 is 0 Å². The molecule has 1 aliphatic carbocycles. The Labute approximate surface area is 88.5 Å². The molecule has 0 atom stereocenters. The van der Waals surface area contributed by atoms with Crippen LogP contribution < -0.4 is 0 Å². The SMILES string of the molecule is CO/N=C(\c1ccc(Cl)cc1)C1CC1. The van der Waals surface area contributed by atoms with E-state index in [2.05, 4.69) is 5.16 Å². The fourth-order valence-corrected chi connectivity index (χ4v) is 1.56. The van der Waals surface area contributed by atoms with E-state index in [1.807, 2.05) is 24.3 Å². The van der Waals surface area contributed by atoms with Gasteiger partial charge in [-0.15, -0.1) is 0 Å². The zero-order valence-corrected chi connectivity index (χ0v) is 8.79. The highest BCUT2D eigenvalue weighted by atomic mass is 35.5. The molecule has 0 unspecified atom stereocenters. The maximum Gasteiger partial charge on any atom is 0.106 e. The summed E-state index contributed by atoms with van der Waals surface area (Å²) in [6.45, 7) is 0. The van der Waals surface area contributed by atoms with Gasteiger partial charge in [-0.1, -0.05) is 28.9 Å². The Balaban J connectivity index is 2.26. The van der Waals surface area contributed by atoms with Crippen LogP contribution in [-0.2, 0) is 4.84 Å². The maximum absolute atomic E-state index is 5.82. The minimum absolute atomic E-state index is 0.580. The Bertz CT molecular complexity index is 341. The third-order valence-electron chi connectivity index (χ3n) is 2.29. The highest BCUT2D eigenvalue weighted by molar-refractivity contribution is 6.30. The molecule has 1 fully saturated rings. The molecule has 0 N–H and O–H groups in total. The van der Waals surface area contributed by atoms with Crippen molar-refractivity contribution in [1.29, 1.82) is 0 Å². The van der Waals surface area contributed by atoms with E-state index >= 15 is 0 Å². The first kappa shape index (κ1) is 9.53. The van der Waals surface area contributed by atoms with E-state index in [0.29, 0.717) is 5.92 Å². The predicted octanol–water partition coefficient (Wildman–Crippen LogP) is 3.10. The van der Waals surface area contributed by atoms with Crippen molar-refractivity contribution in [2.24, 2.45) is 11.1 Å². The second-order valence-corrected chi connectivity index (χ2v) is 3.88. The Kier molecular flexibility index (Phi) is 2.73. The second kappa shape index (κ2) is 4.01. The highest BCUT2D eigenvalue weighted by Crippen LogP contribution is 2.33. The van der Waals surface area contributed by atoms with E-state index in [1.165, 1.54) is 12.8 Å². The van der Waals surface area contributed by atoms with Crippen LogP contribution in [0.4, 0.5) is 0 Å². The molecule has 2 nitrogen and oxygen atoms in total. The van der Waals surface area contributed by atoms with Gasteiger partial charge in [-0.2, -0.15) is 0 Å². The molecule has 2 rings (SSSR count). The van der Waals surface area contributed by atoms with Gasteiger partial charge in [-0.05, 0) is 30.5 Å². The van der Waals surface area contributed by atoms with Crippen molar-refractivity contribution in [2.45, 2.75) is 12.8 Å². The van der Waals surface area contributed by atoms with Crippen LogP contribution in [0.5, 0.6) is 0 Å². The summed E-state index contributed by atoms with van der Waals surface area (Å²) < 4.78 is 0. The normalized spacial score (nSPS) is 16.9. The maximum atomic E-state index is 5.82. The quantitative estimate of drug-likeness (QED) is 0.554. The minimum Gasteiger partial charge on any atom is -0.399 e. The summed E-state index contributed by atoms with van der Waals surface area (Å²) >= 11 is 5.82. The van der Waals surface area contributed by atoms with Gasteiger partial charge in [0, 0.05) is 10.9 Å². The third-order valence-corrected chi connectivity index (χ3v) is 2.55. The van der Waals surface area contributed by atoms with E-state index in [1.54, 1.807) is 7.11 Å². The van der Waals surface area contributed by atoms with Crippen molar-refractivity contribution in [2.75, 3.05) is 7.11 Å². The first-order valence-electron chi connectivity index (χ1n) is 4.68. The van der Waals surface area contributed by atoms with E-state index in [4.69, 9.17) is 16.4 Å². The highest BCUT2D eigenvalue weighted by Gasteiger charge is 2.29. The van der Waals surface area contributed by atoms with Crippen molar-refractivity contribution in [3.05, 3.63) is 34.9 Å². The van der Waals surface area contributed by atoms with Crippen LogP contribution in [0.15, 0.2) is 29.4 Å². The van der Waals surface area contributed by atoms with Crippen LogP contribution in [0.25, 0.3) is 0 Å². The van der Waals surface area contributed by atoms with Crippen molar-refractivity contribution in [3.8, 4) is 0 Å².